The fourth-order valence-electron chi connectivity index (χ4n) is 4.02. The lowest BCUT2D eigenvalue weighted by molar-refractivity contribution is -0.123. The van der Waals surface area contributed by atoms with Crippen LogP contribution in [0.3, 0.4) is 0 Å². The van der Waals surface area contributed by atoms with Gasteiger partial charge in [-0.25, -0.2) is 13.4 Å². The van der Waals surface area contributed by atoms with Gasteiger partial charge in [-0.15, -0.1) is 11.3 Å². The molecule has 166 valence electrons. The van der Waals surface area contributed by atoms with Crippen LogP contribution < -0.4 is 10.0 Å². The van der Waals surface area contributed by atoms with Crippen molar-refractivity contribution in [1.29, 1.82) is 0 Å². The van der Waals surface area contributed by atoms with E-state index in [-0.39, 0.29) is 22.8 Å². The highest BCUT2D eigenvalue weighted by molar-refractivity contribution is 7.89. The van der Waals surface area contributed by atoms with E-state index < -0.39 is 16.1 Å². The molecule has 1 fully saturated rings. The van der Waals surface area contributed by atoms with Crippen LogP contribution in [0.5, 0.6) is 0 Å². The molecule has 8 heteroatoms. The molecule has 1 heterocycles. The zero-order valence-electron chi connectivity index (χ0n) is 18.1. The summed E-state index contributed by atoms with van der Waals surface area (Å²) in [6, 6.07) is 4.27. The van der Waals surface area contributed by atoms with Gasteiger partial charge < -0.3 is 5.32 Å². The maximum atomic E-state index is 13.1. The molecule has 3 rings (SSSR count). The van der Waals surface area contributed by atoms with Gasteiger partial charge in [-0.2, -0.15) is 4.72 Å². The average molecular weight is 452 g/mol. The molecule has 1 atom stereocenters. The van der Waals surface area contributed by atoms with Gasteiger partial charge in [0.2, 0.25) is 15.9 Å². The second kappa shape index (κ2) is 10.2. The molecule has 0 aliphatic heterocycles. The zero-order valence-corrected chi connectivity index (χ0v) is 19.7. The second-order valence-electron chi connectivity index (χ2n) is 8.72. The molecule has 0 bridgehead atoms. The first kappa shape index (κ1) is 23.2. The number of aryl methyl sites for hydroxylation is 1. The molecule has 1 aliphatic rings. The lowest BCUT2D eigenvalue weighted by atomic mass is 9.96. The van der Waals surface area contributed by atoms with Gasteiger partial charge in [0.15, 0.2) is 0 Å². The summed E-state index contributed by atoms with van der Waals surface area (Å²) < 4.78 is 29.6. The topological polar surface area (TPSA) is 88.2 Å². The monoisotopic (exact) mass is 451 g/mol. The van der Waals surface area contributed by atoms with Crippen molar-refractivity contribution in [3.05, 3.63) is 23.2 Å². The number of carbonyl (C=O) groups excluding carboxylic acids is 1. The summed E-state index contributed by atoms with van der Waals surface area (Å²) in [7, 11) is -3.82. The molecule has 1 unspecified atom stereocenters. The third-order valence-corrected chi connectivity index (χ3v) is 7.95. The Kier molecular flexibility index (Phi) is 7.87. The molecular formula is C22H33N3O3S2. The average Bonchev–Trinajstić information content (AvgIpc) is 3.01. The van der Waals surface area contributed by atoms with Crippen molar-refractivity contribution in [2.45, 2.75) is 89.1 Å². The molecule has 6 nitrogen and oxygen atoms in total. The Labute approximate surface area is 183 Å². The van der Waals surface area contributed by atoms with E-state index in [2.05, 4.69) is 15.0 Å². The zero-order chi connectivity index (χ0) is 21.7. The molecule has 0 saturated heterocycles. The van der Waals surface area contributed by atoms with Crippen LogP contribution in [0.25, 0.3) is 10.2 Å². The number of thiazole rings is 1. The van der Waals surface area contributed by atoms with Gasteiger partial charge in [-0.3, -0.25) is 4.79 Å². The number of nitrogens with zero attached hydrogens (tertiary/aromatic N) is 1. The Morgan fingerprint density at radius 3 is 2.50 bits per heavy atom. The van der Waals surface area contributed by atoms with Gasteiger partial charge in [-0.05, 0) is 50.3 Å². The summed E-state index contributed by atoms with van der Waals surface area (Å²) in [4.78, 5) is 17.6. The van der Waals surface area contributed by atoms with E-state index >= 15 is 0 Å². The van der Waals surface area contributed by atoms with E-state index in [0.29, 0.717) is 6.42 Å². The molecular weight excluding hydrogens is 418 g/mol. The number of sulfonamides is 1. The predicted molar refractivity (Wildman–Crippen MR) is 122 cm³/mol. The molecule has 1 amide bonds. The Bertz CT molecular complexity index is 961. The van der Waals surface area contributed by atoms with Gasteiger partial charge >= 0.3 is 0 Å². The van der Waals surface area contributed by atoms with Crippen LogP contribution >= 0.6 is 11.3 Å². The molecule has 1 aromatic heterocycles. The minimum Gasteiger partial charge on any atom is -0.352 e. The largest absolute Gasteiger partial charge is 0.352 e. The van der Waals surface area contributed by atoms with Crippen molar-refractivity contribution >= 4 is 37.5 Å². The van der Waals surface area contributed by atoms with Crippen molar-refractivity contribution in [2.75, 3.05) is 0 Å². The number of amides is 1. The minimum atomic E-state index is -3.82. The van der Waals surface area contributed by atoms with Crippen LogP contribution in [0.1, 0.15) is 70.2 Å². The van der Waals surface area contributed by atoms with E-state index in [4.69, 9.17) is 0 Å². The standard InChI is InChI=1S/C22H33N3O3S2/c1-15(2)13-20(22(26)24-17-9-7-5-4-6-8-10-17)25-30(27,28)18-11-12-19-21(14-18)29-16(3)23-19/h11-12,14-15,17,20,25H,4-10,13H2,1-3H3,(H,24,26). The highest BCUT2D eigenvalue weighted by Gasteiger charge is 2.28. The number of carbonyl (C=O) groups is 1. The third-order valence-electron chi connectivity index (χ3n) is 5.55. The van der Waals surface area contributed by atoms with Crippen molar-refractivity contribution in [3.63, 3.8) is 0 Å². The van der Waals surface area contributed by atoms with Crippen molar-refractivity contribution < 1.29 is 13.2 Å². The fraction of sp³-hybridized carbons (Fsp3) is 0.636. The van der Waals surface area contributed by atoms with Gasteiger partial charge in [0, 0.05) is 6.04 Å². The van der Waals surface area contributed by atoms with Gasteiger partial charge in [0.1, 0.15) is 6.04 Å². The Morgan fingerprint density at radius 2 is 1.83 bits per heavy atom. The molecule has 0 spiro atoms. The van der Waals surface area contributed by atoms with Crippen molar-refractivity contribution in [1.82, 2.24) is 15.0 Å². The molecule has 1 saturated carbocycles. The number of benzene rings is 1. The fourth-order valence-corrected chi connectivity index (χ4v) is 6.20. The first-order valence-electron chi connectivity index (χ1n) is 10.9. The third kappa shape index (κ3) is 6.25. The number of nitrogens with one attached hydrogen (secondary N) is 2. The van der Waals surface area contributed by atoms with Crippen LogP contribution in [0.4, 0.5) is 0 Å². The SMILES string of the molecule is Cc1nc2ccc(S(=O)(=O)NC(CC(C)C)C(=O)NC3CCCCCCC3)cc2s1. The number of rotatable bonds is 7. The van der Waals surface area contributed by atoms with E-state index in [9.17, 15) is 13.2 Å². The second-order valence-corrected chi connectivity index (χ2v) is 11.7. The van der Waals surface area contributed by atoms with E-state index in [1.54, 1.807) is 18.2 Å². The maximum absolute atomic E-state index is 13.1. The van der Waals surface area contributed by atoms with Crippen LogP contribution in [-0.2, 0) is 14.8 Å². The van der Waals surface area contributed by atoms with E-state index in [0.717, 1.165) is 40.9 Å². The molecule has 0 radical (unpaired) electrons. The summed E-state index contributed by atoms with van der Waals surface area (Å²) >= 11 is 1.46. The highest BCUT2D eigenvalue weighted by atomic mass is 32.2. The quantitative estimate of drug-likeness (QED) is 0.647. The van der Waals surface area contributed by atoms with E-state index in [1.165, 1.54) is 30.6 Å². The summed E-state index contributed by atoms with van der Waals surface area (Å²) in [6.45, 7) is 5.89. The lowest BCUT2D eigenvalue weighted by Gasteiger charge is -2.25. The van der Waals surface area contributed by atoms with Gasteiger partial charge in [0.05, 0.1) is 20.1 Å². The minimum absolute atomic E-state index is 0.133. The normalized spacial score (nSPS) is 17.6. The molecule has 30 heavy (non-hydrogen) atoms. The smallest absolute Gasteiger partial charge is 0.241 e. The van der Waals surface area contributed by atoms with Crippen molar-refractivity contribution in [3.8, 4) is 0 Å². The lowest BCUT2D eigenvalue weighted by Crippen LogP contribution is -2.50. The number of hydrogen-bond acceptors (Lipinski definition) is 5. The molecule has 1 aromatic carbocycles. The van der Waals surface area contributed by atoms with Crippen LogP contribution in [0, 0.1) is 12.8 Å². The Morgan fingerprint density at radius 1 is 1.17 bits per heavy atom. The van der Waals surface area contributed by atoms with Gasteiger partial charge in [0.25, 0.3) is 0 Å². The van der Waals surface area contributed by atoms with Crippen LogP contribution in [0.15, 0.2) is 23.1 Å². The summed E-state index contributed by atoms with van der Waals surface area (Å²) in [6.07, 6.45) is 8.28. The predicted octanol–water partition coefficient (Wildman–Crippen LogP) is 4.53. The molecule has 2 aromatic rings. The van der Waals surface area contributed by atoms with E-state index in [1.807, 2.05) is 20.8 Å². The summed E-state index contributed by atoms with van der Waals surface area (Å²) in [5.74, 6) is -0.0278. The summed E-state index contributed by atoms with van der Waals surface area (Å²) in [5, 5.41) is 4.02. The van der Waals surface area contributed by atoms with Gasteiger partial charge in [-0.1, -0.05) is 46.0 Å². The molecule has 1 aliphatic carbocycles. The highest BCUT2D eigenvalue weighted by Crippen LogP contribution is 2.25. The number of fused-ring (bicyclic) bond motifs is 1. The van der Waals surface area contributed by atoms with Crippen LogP contribution in [0.2, 0.25) is 0 Å². The maximum Gasteiger partial charge on any atom is 0.241 e. The first-order valence-corrected chi connectivity index (χ1v) is 13.2. The molecule has 2 N–H and O–H groups in total. The Balaban J connectivity index is 1.75. The number of aromatic nitrogens is 1. The van der Waals surface area contributed by atoms with Crippen molar-refractivity contribution in [2.24, 2.45) is 5.92 Å². The van der Waals surface area contributed by atoms with Crippen LogP contribution in [-0.4, -0.2) is 31.4 Å². The number of hydrogen-bond donors (Lipinski definition) is 2. The first-order chi connectivity index (χ1) is 14.2. The Hall–Kier alpha value is -1.51. The summed E-state index contributed by atoms with van der Waals surface area (Å²) in [5.41, 5.74) is 0.789.